The van der Waals surface area contributed by atoms with Crippen LogP contribution in [0.25, 0.3) is 10.9 Å². The number of benzene rings is 1. The van der Waals surface area contributed by atoms with E-state index in [1.807, 2.05) is 24.3 Å². The lowest BCUT2D eigenvalue weighted by molar-refractivity contribution is 0.0692. The number of pyridine rings is 1. The molecule has 0 saturated heterocycles. The van der Waals surface area contributed by atoms with Gasteiger partial charge in [0.2, 0.25) is 0 Å². The van der Waals surface area contributed by atoms with E-state index in [9.17, 15) is 9.90 Å². The fourth-order valence-electron chi connectivity index (χ4n) is 1.77. The van der Waals surface area contributed by atoms with Gasteiger partial charge in [-0.1, -0.05) is 18.2 Å². The first-order valence-electron chi connectivity index (χ1n) is 5.81. The molecule has 0 aliphatic rings. The highest BCUT2D eigenvalue weighted by Crippen LogP contribution is 2.29. The van der Waals surface area contributed by atoms with Crippen molar-refractivity contribution in [2.24, 2.45) is 0 Å². The molecule has 0 aliphatic carbocycles. The number of hydrogen-bond donors (Lipinski definition) is 1. The zero-order valence-electron chi connectivity index (χ0n) is 10.2. The van der Waals surface area contributed by atoms with Crippen LogP contribution in [0.5, 0.6) is 0 Å². The van der Waals surface area contributed by atoms with Gasteiger partial charge in [0.25, 0.3) is 0 Å². The summed E-state index contributed by atoms with van der Waals surface area (Å²) >= 11 is 1.19. The summed E-state index contributed by atoms with van der Waals surface area (Å²) in [6.07, 6.45) is 4.70. The van der Waals surface area contributed by atoms with Crippen LogP contribution in [0.2, 0.25) is 0 Å². The summed E-state index contributed by atoms with van der Waals surface area (Å²) in [6.45, 7) is 0. The Kier molecular flexibility index (Phi) is 3.30. The highest BCUT2D eigenvalue weighted by Gasteiger charge is 2.15. The zero-order valence-corrected chi connectivity index (χ0v) is 11.0. The average Bonchev–Trinajstić information content (AvgIpc) is 2.47. The third kappa shape index (κ3) is 2.46. The summed E-state index contributed by atoms with van der Waals surface area (Å²) in [5, 5.41) is 11.1. The van der Waals surface area contributed by atoms with E-state index in [-0.39, 0.29) is 5.56 Å². The highest BCUT2D eigenvalue weighted by molar-refractivity contribution is 7.99. The Morgan fingerprint density at radius 2 is 2.05 bits per heavy atom. The third-order valence-electron chi connectivity index (χ3n) is 2.66. The predicted molar refractivity (Wildman–Crippen MR) is 74.9 cm³/mol. The second-order valence-corrected chi connectivity index (χ2v) is 4.99. The first-order valence-corrected chi connectivity index (χ1v) is 6.62. The van der Waals surface area contributed by atoms with E-state index < -0.39 is 5.97 Å². The van der Waals surface area contributed by atoms with Gasteiger partial charge in [-0.2, -0.15) is 0 Å². The minimum atomic E-state index is -1.00. The van der Waals surface area contributed by atoms with E-state index in [0.717, 1.165) is 10.9 Å². The number of rotatable bonds is 3. The normalized spacial score (nSPS) is 10.6. The van der Waals surface area contributed by atoms with Crippen molar-refractivity contribution in [3.05, 3.63) is 54.5 Å². The van der Waals surface area contributed by atoms with Gasteiger partial charge in [-0.05, 0) is 23.9 Å². The maximum absolute atomic E-state index is 11.4. The molecular formula is C14H9N3O2S. The lowest BCUT2D eigenvalue weighted by Gasteiger charge is -2.06. The molecular weight excluding hydrogens is 274 g/mol. The summed E-state index contributed by atoms with van der Waals surface area (Å²) < 4.78 is 0. The van der Waals surface area contributed by atoms with Gasteiger partial charge in [0.1, 0.15) is 10.1 Å². The molecule has 6 heteroatoms. The van der Waals surface area contributed by atoms with Crippen molar-refractivity contribution in [2.75, 3.05) is 0 Å². The molecule has 0 spiro atoms. The molecule has 0 radical (unpaired) electrons. The average molecular weight is 283 g/mol. The standard InChI is InChI=1S/C14H9N3O2S/c18-14(19)10-7-9-3-1-2-4-11(9)17-13(10)20-12-8-15-5-6-16-12/h1-8H,(H,18,19). The van der Waals surface area contributed by atoms with Crippen molar-refractivity contribution in [3.63, 3.8) is 0 Å². The molecule has 1 N–H and O–H groups in total. The lowest BCUT2D eigenvalue weighted by Crippen LogP contribution is -2.01. The van der Waals surface area contributed by atoms with Crippen molar-refractivity contribution >= 4 is 28.6 Å². The van der Waals surface area contributed by atoms with Crippen molar-refractivity contribution in [1.82, 2.24) is 15.0 Å². The van der Waals surface area contributed by atoms with E-state index >= 15 is 0 Å². The molecule has 20 heavy (non-hydrogen) atoms. The molecule has 0 amide bonds. The van der Waals surface area contributed by atoms with E-state index in [4.69, 9.17) is 0 Å². The monoisotopic (exact) mass is 283 g/mol. The maximum atomic E-state index is 11.4. The topological polar surface area (TPSA) is 76.0 Å². The number of carboxylic acid groups (broad SMARTS) is 1. The third-order valence-corrected chi connectivity index (χ3v) is 3.58. The molecule has 98 valence electrons. The van der Waals surface area contributed by atoms with Crippen LogP contribution >= 0.6 is 11.8 Å². The van der Waals surface area contributed by atoms with Gasteiger partial charge < -0.3 is 5.11 Å². The number of fused-ring (bicyclic) bond motifs is 1. The summed E-state index contributed by atoms with van der Waals surface area (Å²) in [6, 6.07) is 9.04. The van der Waals surface area contributed by atoms with E-state index in [0.29, 0.717) is 10.1 Å². The van der Waals surface area contributed by atoms with E-state index in [2.05, 4.69) is 15.0 Å². The van der Waals surface area contributed by atoms with Gasteiger partial charge in [0.05, 0.1) is 17.3 Å². The number of aromatic nitrogens is 3. The van der Waals surface area contributed by atoms with Crippen molar-refractivity contribution < 1.29 is 9.90 Å². The molecule has 0 saturated carbocycles. The molecule has 0 aliphatic heterocycles. The highest BCUT2D eigenvalue weighted by atomic mass is 32.2. The number of nitrogens with zero attached hydrogens (tertiary/aromatic N) is 3. The SMILES string of the molecule is O=C(O)c1cc2ccccc2nc1Sc1cnccn1. The number of hydrogen-bond acceptors (Lipinski definition) is 5. The van der Waals surface area contributed by atoms with Crippen LogP contribution in [-0.4, -0.2) is 26.0 Å². The van der Waals surface area contributed by atoms with Gasteiger partial charge >= 0.3 is 5.97 Å². The summed E-state index contributed by atoms with van der Waals surface area (Å²) in [5.41, 5.74) is 0.920. The first-order chi connectivity index (χ1) is 9.74. The lowest BCUT2D eigenvalue weighted by atomic mass is 10.1. The fraction of sp³-hybridized carbons (Fsp3) is 0. The molecule has 1 aromatic carbocycles. The Morgan fingerprint density at radius 3 is 2.80 bits per heavy atom. The van der Waals surface area contributed by atoms with E-state index in [1.165, 1.54) is 11.8 Å². The maximum Gasteiger partial charge on any atom is 0.338 e. The first kappa shape index (κ1) is 12.6. The van der Waals surface area contributed by atoms with Gasteiger partial charge in [-0.3, -0.25) is 4.98 Å². The minimum absolute atomic E-state index is 0.166. The smallest absolute Gasteiger partial charge is 0.338 e. The largest absolute Gasteiger partial charge is 0.478 e. The fourth-order valence-corrected chi connectivity index (χ4v) is 2.59. The van der Waals surface area contributed by atoms with Crippen molar-refractivity contribution in [1.29, 1.82) is 0 Å². The number of aromatic carboxylic acids is 1. The summed E-state index contributed by atoms with van der Waals surface area (Å²) in [7, 11) is 0. The number of carboxylic acids is 1. The van der Waals surface area contributed by atoms with Crippen LogP contribution < -0.4 is 0 Å². The Hall–Kier alpha value is -2.47. The van der Waals surface area contributed by atoms with Crippen LogP contribution in [0, 0.1) is 0 Å². The van der Waals surface area contributed by atoms with Gasteiger partial charge in [0.15, 0.2) is 0 Å². The zero-order chi connectivity index (χ0) is 13.9. The Balaban J connectivity index is 2.12. The molecule has 2 heterocycles. The molecule has 3 rings (SSSR count). The molecule has 0 atom stereocenters. The van der Waals surface area contributed by atoms with Crippen molar-refractivity contribution in [2.45, 2.75) is 10.1 Å². The van der Waals surface area contributed by atoms with Crippen LogP contribution in [0.1, 0.15) is 10.4 Å². The van der Waals surface area contributed by atoms with Gasteiger partial charge in [-0.25, -0.2) is 14.8 Å². The summed E-state index contributed by atoms with van der Waals surface area (Å²) in [4.78, 5) is 23.9. The predicted octanol–water partition coefficient (Wildman–Crippen LogP) is 2.87. The Bertz CT molecular complexity index is 778. The van der Waals surface area contributed by atoms with Crippen molar-refractivity contribution in [3.8, 4) is 0 Å². The van der Waals surface area contributed by atoms with Crippen LogP contribution in [0.15, 0.2) is 59.0 Å². The van der Waals surface area contributed by atoms with Gasteiger partial charge in [0, 0.05) is 17.8 Å². The van der Waals surface area contributed by atoms with Gasteiger partial charge in [-0.15, -0.1) is 0 Å². The molecule has 0 unspecified atom stereocenters. The second-order valence-electron chi connectivity index (χ2n) is 3.98. The number of para-hydroxylation sites is 1. The summed E-state index contributed by atoms with van der Waals surface area (Å²) in [5.74, 6) is -1.00. The Labute approximate surface area is 118 Å². The molecule has 0 bridgehead atoms. The minimum Gasteiger partial charge on any atom is -0.478 e. The molecule has 5 nitrogen and oxygen atoms in total. The van der Waals surface area contributed by atoms with Crippen LogP contribution in [0.4, 0.5) is 0 Å². The van der Waals surface area contributed by atoms with E-state index in [1.54, 1.807) is 24.7 Å². The Morgan fingerprint density at radius 1 is 1.20 bits per heavy atom. The molecule has 2 aromatic heterocycles. The van der Waals surface area contributed by atoms with Crippen LogP contribution in [0.3, 0.4) is 0 Å². The quantitative estimate of drug-likeness (QED) is 0.796. The number of carbonyl (C=O) groups is 1. The molecule has 0 fully saturated rings. The van der Waals surface area contributed by atoms with Crippen LogP contribution in [-0.2, 0) is 0 Å². The molecule has 3 aromatic rings. The second kappa shape index (κ2) is 5.26.